The molecule has 4 aromatic rings. The monoisotopic (exact) mass is 729 g/mol. The Morgan fingerprint density at radius 2 is 1.02 bits per heavy atom. The average Bonchev–Trinajstić information content (AvgIpc) is 3.54. The molecule has 0 N–H and O–H groups in total. The van der Waals surface area contributed by atoms with Crippen LogP contribution in [0.25, 0.3) is 5.32 Å². The molecule has 1 fully saturated rings. The predicted molar refractivity (Wildman–Crippen MR) is 205 cm³/mol. The fourth-order valence-corrected chi connectivity index (χ4v) is 6.64. The number of benzene rings is 4. The molecule has 0 unspecified atom stereocenters. The second-order valence-electron chi connectivity index (χ2n) is 13.6. The molecule has 5 rings (SSSR count). The molecule has 2 nitrogen and oxygen atoms in total. The standard InChI is InChI=1S/C27H25NP.C4H8O.2C4H11Si.Y/c1-21-12-11-13-22(2)27(21)28-20-23-14-9-10-19-26(23)29(24-15-5-3-6-16-24)25-17-7-4-8-18-25;1-2-4-5-3-1;2*1-5(2,3)4;/h3-19H,20H2,1-2H3;1-4H2;2*1H2,2-4H3;/q-1;;2*-1;+3. The molecular weight excluding hydrogens is 674 g/mol. The van der Waals surface area contributed by atoms with Gasteiger partial charge in [0.2, 0.25) is 0 Å². The summed E-state index contributed by atoms with van der Waals surface area (Å²) in [6, 6.07) is 36.9. The molecule has 238 valence electrons. The van der Waals surface area contributed by atoms with E-state index in [9.17, 15) is 0 Å². The van der Waals surface area contributed by atoms with Gasteiger partial charge in [-0.05, 0) is 50.5 Å². The SMILES string of the molecule is C1CCOC1.Cc1cccc(C)c1[N-]Cc1ccccc1P(c1ccccc1)c1ccccc1.[CH2-][Si](C)(C)C.[CH2-][Si](C)(C)C.[Y+3]. The third-order valence-corrected chi connectivity index (χ3v) is 8.48. The molecule has 0 radical (unpaired) electrons. The van der Waals surface area contributed by atoms with E-state index in [0.717, 1.165) is 18.9 Å². The Balaban J connectivity index is 0.000000523. The van der Waals surface area contributed by atoms with Gasteiger partial charge in [-0.3, -0.25) is 0 Å². The first-order chi connectivity index (χ1) is 20.7. The maximum absolute atomic E-state index is 5.02. The van der Waals surface area contributed by atoms with E-state index in [1.807, 2.05) is 0 Å². The summed E-state index contributed by atoms with van der Waals surface area (Å²) in [5.41, 5.74) is 4.88. The van der Waals surface area contributed by atoms with E-state index in [4.69, 9.17) is 10.1 Å². The number of ether oxygens (including phenoxy) is 1. The molecule has 1 aliphatic rings. The smallest absolute Gasteiger partial charge is 0.680 e. The van der Waals surface area contributed by atoms with Gasteiger partial charge in [-0.1, -0.05) is 159 Å². The normalized spacial score (nSPS) is 12.3. The van der Waals surface area contributed by atoms with Crippen molar-refractivity contribution >= 4 is 45.7 Å². The zero-order valence-corrected chi connectivity index (χ0v) is 34.9. The van der Waals surface area contributed by atoms with Crippen molar-refractivity contribution in [3.05, 3.63) is 138 Å². The number of hydrogen-bond acceptors (Lipinski definition) is 1. The number of para-hydroxylation sites is 1. The number of rotatable bonds is 6. The van der Waals surface area contributed by atoms with E-state index in [2.05, 4.69) is 169 Å². The van der Waals surface area contributed by atoms with Gasteiger partial charge >= 0.3 is 32.7 Å². The Morgan fingerprint density at radius 1 is 0.622 bits per heavy atom. The predicted octanol–water partition coefficient (Wildman–Crippen LogP) is 10.5. The molecule has 0 aliphatic carbocycles. The van der Waals surface area contributed by atoms with Crippen LogP contribution in [0.2, 0.25) is 39.3 Å². The second-order valence-corrected chi connectivity index (χ2v) is 26.1. The summed E-state index contributed by atoms with van der Waals surface area (Å²) in [5.74, 6) is 0. The quantitative estimate of drug-likeness (QED) is 0.110. The summed E-state index contributed by atoms with van der Waals surface area (Å²) >= 11 is 0. The molecular formula is C39H55NOPSi2Y. The van der Waals surface area contributed by atoms with Gasteiger partial charge in [0.15, 0.2) is 0 Å². The average molecular weight is 730 g/mol. The van der Waals surface area contributed by atoms with Crippen molar-refractivity contribution < 1.29 is 37.4 Å². The molecule has 45 heavy (non-hydrogen) atoms. The van der Waals surface area contributed by atoms with Crippen molar-refractivity contribution in [3.63, 3.8) is 0 Å². The topological polar surface area (TPSA) is 23.3 Å². The van der Waals surface area contributed by atoms with Crippen molar-refractivity contribution in [2.24, 2.45) is 0 Å². The van der Waals surface area contributed by atoms with Gasteiger partial charge in [0.05, 0.1) is 0 Å². The van der Waals surface area contributed by atoms with Gasteiger partial charge in [-0.25, -0.2) is 0 Å². The summed E-state index contributed by atoms with van der Waals surface area (Å²) in [6.45, 7) is 28.1. The van der Waals surface area contributed by atoms with E-state index in [1.165, 1.54) is 45.4 Å². The summed E-state index contributed by atoms with van der Waals surface area (Å²) in [5, 5.41) is 9.14. The third kappa shape index (κ3) is 18.5. The molecule has 4 aromatic carbocycles. The number of hydrogen-bond donors (Lipinski definition) is 0. The Bertz CT molecular complexity index is 1260. The minimum absolute atomic E-state index is 0. The van der Waals surface area contributed by atoms with Crippen LogP contribution in [0, 0.1) is 26.9 Å². The van der Waals surface area contributed by atoms with Crippen LogP contribution < -0.4 is 15.9 Å². The Kier molecular flexibility index (Phi) is 19.9. The minimum atomic E-state index is -0.861. The van der Waals surface area contributed by atoms with Crippen LogP contribution in [-0.2, 0) is 44.0 Å². The molecule has 6 heteroatoms. The van der Waals surface area contributed by atoms with Crippen LogP contribution in [0.5, 0.6) is 0 Å². The second kappa shape index (κ2) is 21.5. The van der Waals surface area contributed by atoms with E-state index in [0.29, 0.717) is 6.54 Å². The van der Waals surface area contributed by atoms with Gasteiger partial charge in [0.1, 0.15) is 0 Å². The Labute approximate surface area is 304 Å². The zero-order chi connectivity index (χ0) is 32.6. The fraction of sp³-hybridized carbons (Fsp3) is 0.333. The molecule has 0 bridgehead atoms. The summed E-state index contributed by atoms with van der Waals surface area (Å²) in [6.07, 6.45) is 2.56. The van der Waals surface area contributed by atoms with E-state index in [-0.39, 0.29) is 32.7 Å². The summed E-state index contributed by atoms with van der Waals surface area (Å²) in [7, 11) is -2.34. The van der Waals surface area contributed by atoms with Crippen molar-refractivity contribution in [2.45, 2.75) is 72.5 Å². The maximum atomic E-state index is 5.02. The Hall–Kier alpha value is -1.39. The zero-order valence-electron chi connectivity index (χ0n) is 29.1. The fourth-order valence-electron chi connectivity index (χ4n) is 4.17. The number of nitrogens with zero attached hydrogens (tertiary/aromatic N) is 1. The van der Waals surface area contributed by atoms with Crippen LogP contribution in [0.15, 0.2) is 103 Å². The summed E-state index contributed by atoms with van der Waals surface area (Å²) < 4.78 is 4.94. The van der Waals surface area contributed by atoms with Crippen LogP contribution in [0.1, 0.15) is 29.5 Å². The van der Waals surface area contributed by atoms with Gasteiger partial charge in [-0.15, -0.1) is 28.4 Å². The van der Waals surface area contributed by atoms with Crippen LogP contribution in [-0.4, -0.2) is 29.4 Å². The van der Waals surface area contributed by atoms with Crippen molar-refractivity contribution in [1.82, 2.24) is 0 Å². The molecule has 1 heterocycles. The molecule has 1 saturated heterocycles. The molecule has 0 aromatic heterocycles. The van der Waals surface area contributed by atoms with Gasteiger partial charge in [0.25, 0.3) is 0 Å². The largest absolute Gasteiger partial charge is 3.00 e. The third-order valence-electron chi connectivity index (χ3n) is 5.94. The molecule has 0 atom stereocenters. The molecule has 1 aliphatic heterocycles. The van der Waals surface area contributed by atoms with Crippen LogP contribution in [0.3, 0.4) is 0 Å². The first-order valence-corrected chi connectivity index (χ1v) is 24.5. The maximum Gasteiger partial charge on any atom is 3.00 e. The first kappa shape index (κ1) is 41.6. The van der Waals surface area contributed by atoms with E-state index < -0.39 is 24.1 Å². The van der Waals surface area contributed by atoms with Gasteiger partial charge < -0.3 is 23.1 Å². The summed E-state index contributed by atoms with van der Waals surface area (Å²) in [4.78, 5) is 0. The van der Waals surface area contributed by atoms with Crippen LogP contribution >= 0.6 is 7.92 Å². The van der Waals surface area contributed by atoms with Gasteiger partial charge in [-0.2, -0.15) is 0 Å². The van der Waals surface area contributed by atoms with Crippen molar-refractivity contribution in [3.8, 4) is 0 Å². The molecule has 0 saturated carbocycles. The minimum Gasteiger partial charge on any atom is -0.680 e. The van der Waals surface area contributed by atoms with E-state index >= 15 is 0 Å². The van der Waals surface area contributed by atoms with Crippen molar-refractivity contribution in [2.75, 3.05) is 13.2 Å². The van der Waals surface area contributed by atoms with Gasteiger partial charge in [0, 0.05) is 13.2 Å². The molecule has 0 amide bonds. The van der Waals surface area contributed by atoms with E-state index in [1.54, 1.807) is 0 Å². The molecule has 0 spiro atoms. The Morgan fingerprint density at radius 3 is 1.42 bits per heavy atom. The first-order valence-electron chi connectivity index (χ1n) is 15.7. The number of aryl methyl sites for hydroxylation is 2. The van der Waals surface area contributed by atoms with Crippen LogP contribution in [0.4, 0.5) is 5.69 Å². The van der Waals surface area contributed by atoms with Crippen molar-refractivity contribution in [1.29, 1.82) is 0 Å².